The van der Waals surface area contributed by atoms with Crippen LogP contribution >= 0.6 is 0 Å². The van der Waals surface area contributed by atoms with Gasteiger partial charge in [0.05, 0.1) is 0 Å². The number of amides is 1. The quantitative estimate of drug-likeness (QED) is 0.731. The first-order valence-corrected chi connectivity index (χ1v) is 5.90. The van der Waals surface area contributed by atoms with Gasteiger partial charge in [0, 0.05) is 31.5 Å². The number of pyridine rings is 1. The monoisotopic (exact) mass is 236 g/mol. The summed E-state index contributed by atoms with van der Waals surface area (Å²) in [5, 5.41) is 0. The molecule has 5 heteroatoms. The van der Waals surface area contributed by atoms with Gasteiger partial charge in [0.15, 0.2) is 0 Å². The predicted molar refractivity (Wildman–Crippen MR) is 68.9 cm³/mol. The Kier molecular flexibility index (Phi) is 5.42. The molecular weight excluding hydrogens is 216 g/mol. The zero-order chi connectivity index (χ0) is 12.7. The molecule has 0 saturated heterocycles. The molecule has 0 aliphatic rings. The fourth-order valence-electron chi connectivity index (χ4n) is 1.63. The van der Waals surface area contributed by atoms with Gasteiger partial charge in [-0.05, 0) is 18.6 Å². The van der Waals surface area contributed by atoms with E-state index < -0.39 is 5.91 Å². The van der Waals surface area contributed by atoms with E-state index in [9.17, 15) is 4.79 Å². The van der Waals surface area contributed by atoms with Gasteiger partial charge in [-0.15, -0.1) is 0 Å². The molecule has 0 aliphatic heterocycles. The number of unbranched alkanes of at least 4 members (excludes halogenated alkanes) is 1. The molecule has 5 nitrogen and oxygen atoms in total. The Hall–Kier alpha value is -1.62. The van der Waals surface area contributed by atoms with Crippen LogP contribution in [0.25, 0.3) is 0 Å². The smallest absolute Gasteiger partial charge is 0.267 e. The van der Waals surface area contributed by atoms with E-state index >= 15 is 0 Å². The maximum absolute atomic E-state index is 11.1. The third-order valence-corrected chi connectivity index (χ3v) is 2.54. The Bertz CT molecular complexity index is 367. The SMILES string of the molecule is CCCCN(CCN)c1ccnc(C(N)=O)c1. The summed E-state index contributed by atoms with van der Waals surface area (Å²) in [6, 6.07) is 3.59. The second kappa shape index (κ2) is 6.85. The van der Waals surface area contributed by atoms with Gasteiger partial charge in [-0.3, -0.25) is 9.78 Å². The minimum atomic E-state index is -0.505. The van der Waals surface area contributed by atoms with Crippen molar-refractivity contribution in [1.82, 2.24) is 4.98 Å². The molecule has 1 aromatic heterocycles. The molecule has 0 aromatic carbocycles. The Morgan fingerprint density at radius 1 is 1.47 bits per heavy atom. The molecule has 0 bridgehead atoms. The average molecular weight is 236 g/mol. The van der Waals surface area contributed by atoms with Crippen LogP contribution in [0.2, 0.25) is 0 Å². The van der Waals surface area contributed by atoms with Gasteiger partial charge >= 0.3 is 0 Å². The summed E-state index contributed by atoms with van der Waals surface area (Å²) < 4.78 is 0. The second-order valence-electron chi connectivity index (χ2n) is 3.89. The zero-order valence-corrected chi connectivity index (χ0v) is 10.2. The Labute approximate surface area is 102 Å². The molecule has 17 heavy (non-hydrogen) atoms. The molecule has 1 heterocycles. The maximum atomic E-state index is 11.1. The number of carbonyl (C=O) groups is 1. The van der Waals surface area contributed by atoms with Gasteiger partial charge in [-0.1, -0.05) is 13.3 Å². The summed E-state index contributed by atoms with van der Waals surface area (Å²) >= 11 is 0. The lowest BCUT2D eigenvalue weighted by Crippen LogP contribution is -2.30. The van der Waals surface area contributed by atoms with E-state index in [1.165, 1.54) is 0 Å². The van der Waals surface area contributed by atoms with Crippen molar-refractivity contribution in [2.75, 3.05) is 24.5 Å². The minimum absolute atomic E-state index is 0.293. The van der Waals surface area contributed by atoms with E-state index in [2.05, 4.69) is 16.8 Å². The summed E-state index contributed by atoms with van der Waals surface area (Å²) in [4.78, 5) is 17.1. The van der Waals surface area contributed by atoms with Crippen LogP contribution in [0.4, 0.5) is 5.69 Å². The summed E-state index contributed by atoms with van der Waals surface area (Å²) in [5.74, 6) is -0.505. The fourth-order valence-corrected chi connectivity index (χ4v) is 1.63. The van der Waals surface area contributed by atoms with E-state index in [4.69, 9.17) is 11.5 Å². The van der Waals surface area contributed by atoms with Crippen molar-refractivity contribution in [2.45, 2.75) is 19.8 Å². The normalized spacial score (nSPS) is 10.2. The fraction of sp³-hybridized carbons (Fsp3) is 0.500. The highest BCUT2D eigenvalue weighted by molar-refractivity contribution is 5.91. The minimum Gasteiger partial charge on any atom is -0.370 e. The van der Waals surface area contributed by atoms with Crippen molar-refractivity contribution < 1.29 is 4.79 Å². The number of hydrogen-bond acceptors (Lipinski definition) is 4. The molecule has 4 N–H and O–H groups in total. The summed E-state index contributed by atoms with van der Waals surface area (Å²) in [7, 11) is 0. The first-order valence-electron chi connectivity index (χ1n) is 5.90. The van der Waals surface area contributed by atoms with Gasteiger partial charge in [0.2, 0.25) is 0 Å². The molecule has 0 radical (unpaired) electrons. The van der Waals surface area contributed by atoms with Crippen molar-refractivity contribution >= 4 is 11.6 Å². The molecule has 1 amide bonds. The van der Waals surface area contributed by atoms with E-state index in [-0.39, 0.29) is 0 Å². The number of hydrogen-bond donors (Lipinski definition) is 2. The van der Waals surface area contributed by atoms with E-state index in [1.54, 1.807) is 12.3 Å². The Morgan fingerprint density at radius 2 is 2.24 bits per heavy atom. The van der Waals surface area contributed by atoms with Crippen LogP contribution in [0.1, 0.15) is 30.3 Å². The van der Waals surface area contributed by atoms with Crippen LogP contribution in [0.3, 0.4) is 0 Å². The number of nitrogens with two attached hydrogens (primary N) is 2. The van der Waals surface area contributed by atoms with E-state index in [1.807, 2.05) is 6.07 Å². The zero-order valence-electron chi connectivity index (χ0n) is 10.2. The van der Waals surface area contributed by atoms with Crippen LogP contribution < -0.4 is 16.4 Å². The molecule has 0 spiro atoms. The van der Waals surface area contributed by atoms with Crippen molar-refractivity contribution in [2.24, 2.45) is 11.5 Å². The van der Waals surface area contributed by atoms with Crippen molar-refractivity contribution in [3.63, 3.8) is 0 Å². The van der Waals surface area contributed by atoms with Crippen LogP contribution in [-0.2, 0) is 0 Å². The van der Waals surface area contributed by atoms with Crippen LogP contribution in [0.15, 0.2) is 18.3 Å². The largest absolute Gasteiger partial charge is 0.370 e. The highest BCUT2D eigenvalue weighted by Gasteiger charge is 2.08. The predicted octanol–water partition coefficient (Wildman–Crippen LogP) is 0.746. The molecular formula is C12H20N4O. The molecule has 0 atom stereocenters. The van der Waals surface area contributed by atoms with Crippen LogP contribution in [0.5, 0.6) is 0 Å². The number of primary amides is 1. The van der Waals surface area contributed by atoms with Gasteiger partial charge in [-0.25, -0.2) is 0 Å². The van der Waals surface area contributed by atoms with Crippen LogP contribution in [0, 0.1) is 0 Å². The van der Waals surface area contributed by atoms with Gasteiger partial charge in [0.25, 0.3) is 5.91 Å². The van der Waals surface area contributed by atoms with E-state index in [0.717, 1.165) is 31.6 Å². The van der Waals surface area contributed by atoms with E-state index in [0.29, 0.717) is 12.2 Å². The summed E-state index contributed by atoms with van der Waals surface area (Å²) in [6.45, 7) is 4.41. The maximum Gasteiger partial charge on any atom is 0.267 e. The first-order chi connectivity index (χ1) is 8.19. The number of aromatic nitrogens is 1. The van der Waals surface area contributed by atoms with Crippen LogP contribution in [-0.4, -0.2) is 30.5 Å². The van der Waals surface area contributed by atoms with Gasteiger partial charge in [0.1, 0.15) is 5.69 Å². The first kappa shape index (κ1) is 13.4. The molecule has 0 saturated carbocycles. The molecule has 0 fully saturated rings. The molecule has 94 valence electrons. The second-order valence-corrected chi connectivity index (χ2v) is 3.89. The Morgan fingerprint density at radius 3 is 2.82 bits per heavy atom. The topological polar surface area (TPSA) is 85.2 Å². The van der Waals surface area contributed by atoms with Crippen molar-refractivity contribution in [3.8, 4) is 0 Å². The Balaban J connectivity index is 2.84. The lowest BCUT2D eigenvalue weighted by atomic mass is 10.2. The number of anilines is 1. The standard InChI is InChI=1S/C12H20N4O/c1-2-3-7-16(8-5-13)10-4-6-15-11(9-10)12(14)17/h4,6,9H,2-3,5,7-8,13H2,1H3,(H2,14,17). The van der Waals surface area contributed by atoms with Gasteiger partial charge < -0.3 is 16.4 Å². The molecule has 0 aliphatic carbocycles. The van der Waals surface area contributed by atoms with Crippen molar-refractivity contribution in [3.05, 3.63) is 24.0 Å². The summed E-state index contributed by atoms with van der Waals surface area (Å²) in [5.41, 5.74) is 12.0. The third kappa shape index (κ3) is 4.03. The van der Waals surface area contributed by atoms with Gasteiger partial charge in [-0.2, -0.15) is 0 Å². The number of carbonyl (C=O) groups excluding carboxylic acids is 1. The average Bonchev–Trinajstić information content (AvgIpc) is 2.34. The lowest BCUT2D eigenvalue weighted by Gasteiger charge is -2.24. The highest BCUT2D eigenvalue weighted by Crippen LogP contribution is 2.14. The number of nitrogens with zero attached hydrogens (tertiary/aromatic N) is 2. The molecule has 0 unspecified atom stereocenters. The lowest BCUT2D eigenvalue weighted by molar-refractivity contribution is 0.0995. The summed E-state index contributed by atoms with van der Waals surface area (Å²) in [6.07, 6.45) is 3.81. The molecule has 1 aromatic rings. The van der Waals surface area contributed by atoms with Crippen molar-refractivity contribution in [1.29, 1.82) is 0 Å². The highest BCUT2D eigenvalue weighted by atomic mass is 16.1. The molecule has 1 rings (SSSR count). The third-order valence-electron chi connectivity index (χ3n) is 2.54. The number of rotatable bonds is 7.